The van der Waals surface area contributed by atoms with E-state index in [9.17, 15) is 22.8 Å². The predicted molar refractivity (Wildman–Crippen MR) is 102 cm³/mol. The lowest BCUT2D eigenvalue weighted by atomic mass is 10.1. The zero-order valence-electron chi connectivity index (χ0n) is 14.3. The molecule has 0 aromatic heterocycles. The van der Waals surface area contributed by atoms with E-state index in [2.05, 4.69) is 10.6 Å². The Morgan fingerprint density at radius 1 is 1.04 bits per heavy atom. The molecule has 148 valence electrons. The number of ketones is 1. The summed E-state index contributed by atoms with van der Waals surface area (Å²) >= 11 is 11.7. The van der Waals surface area contributed by atoms with Crippen molar-refractivity contribution in [3.63, 3.8) is 0 Å². The second-order valence-corrected chi connectivity index (χ2v) is 6.54. The molecule has 0 heterocycles. The summed E-state index contributed by atoms with van der Waals surface area (Å²) in [6, 6.07) is 12.4. The Labute approximate surface area is 169 Å². The Morgan fingerprint density at radius 2 is 1.71 bits per heavy atom. The Bertz CT molecular complexity index is 871. The molecule has 1 amide bonds. The first-order chi connectivity index (χ1) is 13.2. The van der Waals surface area contributed by atoms with Crippen molar-refractivity contribution in [3.8, 4) is 0 Å². The van der Waals surface area contributed by atoms with Gasteiger partial charge in [-0.05, 0) is 23.8 Å². The maximum atomic E-state index is 12.6. The van der Waals surface area contributed by atoms with Crippen molar-refractivity contribution in [2.45, 2.75) is 18.6 Å². The maximum absolute atomic E-state index is 12.6. The van der Waals surface area contributed by atoms with Crippen molar-refractivity contribution in [2.24, 2.45) is 0 Å². The summed E-state index contributed by atoms with van der Waals surface area (Å²) in [5.74, 6) is -2.55. The number of allylic oxidation sites excluding steroid dienone is 1. The first kappa shape index (κ1) is 21.8. The molecule has 0 saturated heterocycles. The van der Waals surface area contributed by atoms with Crippen LogP contribution in [0.1, 0.15) is 5.56 Å². The number of halogens is 5. The molecule has 1 atom stereocenters. The van der Waals surface area contributed by atoms with Crippen LogP contribution in [-0.4, -0.2) is 23.9 Å². The number of nitrogens with one attached hydrogen (secondary N) is 2. The fourth-order valence-electron chi connectivity index (χ4n) is 2.21. The second kappa shape index (κ2) is 9.61. The number of rotatable bonds is 7. The van der Waals surface area contributed by atoms with Gasteiger partial charge in [0, 0.05) is 24.4 Å². The monoisotopic (exact) mass is 430 g/mol. The van der Waals surface area contributed by atoms with E-state index in [1.54, 1.807) is 30.3 Å². The summed E-state index contributed by atoms with van der Waals surface area (Å²) in [5, 5.41) is 5.71. The van der Waals surface area contributed by atoms with E-state index in [1.807, 2.05) is 0 Å². The Kier molecular flexibility index (Phi) is 7.48. The summed E-state index contributed by atoms with van der Waals surface area (Å²) < 4.78 is 36.9. The van der Waals surface area contributed by atoms with Crippen LogP contribution in [0.5, 0.6) is 0 Å². The minimum Gasteiger partial charge on any atom is -0.379 e. The Balaban J connectivity index is 2.14. The normalized spacial score (nSPS) is 12.6. The minimum absolute atomic E-state index is 0.179. The van der Waals surface area contributed by atoms with Crippen LogP contribution in [-0.2, 0) is 16.0 Å². The van der Waals surface area contributed by atoms with Crippen molar-refractivity contribution in [1.82, 2.24) is 5.32 Å². The second-order valence-electron chi connectivity index (χ2n) is 5.72. The molecule has 2 aromatic rings. The molecule has 1 unspecified atom stereocenters. The van der Waals surface area contributed by atoms with Crippen molar-refractivity contribution < 1.29 is 22.8 Å². The predicted octanol–water partition coefficient (Wildman–Crippen LogP) is 4.78. The summed E-state index contributed by atoms with van der Waals surface area (Å²) in [6.07, 6.45) is -3.64. The number of hydrogen-bond donors (Lipinski definition) is 2. The lowest BCUT2D eigenvalue weighted by molar-refractivity contribution is -0.165. The van der Waals surface area contributed by atoms with Crippen LogP contribution in [0.2, 0.25) is 10.0 Å². The van der Waals surface area contributed by atoms with Crippen LogP contribution >= 0.6 is 23.2 Å². The summed E-state index contributed by atoms with van der Waals surface area (Å²) in [7, 11) is 0. The summed E-state index contributed by atoms with van der Waals surface area (Å²) in [4.78, 5) is 23.6. The smallest absolute Gasteiger partial charge is 0.379 e. The largest absolute Gasteiger partial charge is 0.454 e. The number of anilines is 1. The SMILES string of the molecule is O=C(Nc1ccc(Cl)c(Cl)c1)C(Cc1ccccc1)NC=CC(=O)C(F)(F)F. The van der Waals surface area contributed by atoms with E-state index in [0.717, 1.165) is 11.8 Å². The third-order valence-electron chi connectivity index (χ3n) is 3.60. The van der Waals surface area contributed by atoms with Crippen molar-refractivity contribution >= 4 is 40.6 Å². The third kappa shape index (κ3) is 6.58. The topological polar surface area (TPSA) is 58.2 Å². The zero-order valence-corrected chi connectivity index (χ0v) is 15.8. The van der Waals surface area contributed by atoms with Gasteiger partial charge in [-0.25, -0.2) is 0 Å². The highest BCUT2D eigenvalue weighted by Crippen LogP contribution is 2.25. The van der Waals surface area contributed by atoms with Crippen LogP contribution in [0.25, 0.3) is 0 Å². The Morgan fingerprint density at radius 3 is 2.32 bits per heavy atom. The first-order valence-corrected chi connectivity index (χ1v) is 8.76. The molecular formula is C19H15Cl2F3N2O2. The van der Waals surface area contributed by atoms with E-state index in [1.165, 1.54) is 18.2 Å². The molecule has 0 radical (unpaired) electrons. The molecule has 2 N–H and O–H groups in total. The van der Waals surface area contributed by atoms with Gasteiger partial charge in [0.2, 0.25) is 5.91 Å². The highest BCUT2D eigenvalue weighted by molar-refractivity contribution is 6.42. The quantitative estimate of drug-likeness (QED) is 0.621. The van der Waals surface area contributed by atoms with Gasteiger partial charge in [0.15, 0.2) is 0 Å². The molecule has 0 saturated carbocycles. The van der Waals surface area contributed by atoms with E-state index >= 15 is 0 Å². The number of carbonyl (C=O) groups excluding carboxylic acids is 2. The number of alkyl halides is 3. The van der Waals surface area contributed by atoms with Gasteiger partial charge < -0.3 is 10.6 Å². The highest BCUT2D eigenvalue weighted by atomic mass is 35.5. The van der Waals surface area contributed by atoms with Gasteiger partial charge in [-0.3, -0.25) is 9.59 Å². The fourth-order valence-corrected chi connectivity index (χ4v) is 2.51. The number of carbonyl (C=O) groups is 2. The number of amides is 1. The van der Waals surface area contributed by atoms with E-state index < -0.39 is 23.9 Å². The van der Waals surface area contributed by atoms with Gasteiger partial charge in [0.1, 0.15) is 6.04 Å². The molecule has 2 rings (SSSR count). The summed E-state index contributed by atoms with van der Waals surface area (Å²) in [5.41, 5.74) is 1.15. The average Bonchev–Trinajstić information content (AvgIpc) is 2.64. The molecule has 0 bridgehead atoms. The molecule has 4 nitrogen and oxygen atoms in total. The molecule has 0 fully saturated rings. The Hall–Kier alpha value is -2.51. The standard InChI is InChI=1S/C19H15Cl2F3N2O2/c20-14-7-6-13(11-15(14)21)26-18(28)16(10-12-4-2-1-3-5-12)25-9-8-17(27)19(22,23)24/h1-9,11,16,25H,10H2,(H,26,28). The third-order valence-corrected chi connectivity index (χ3v) is 4.34. The number of hydrogen-bond acceptors (Lipinski definition) is 3. The molecule has 2 aromatic carbocycles. The van der Waals surface area contributed by atoms with E-state index in [4.69, 9.17) is 23.2 Å². The maximum Gasteiger partial charge on any atom is 0.454 e. The van der Waals surface area contributed by atoms with Gasteiger partial charge in [-0.15, -0.1) is 0 Å². The van der Waals surface area contributed by atoms with E-state index in [-0.39, 0.29) is 11.4 Å². The molecule has 0 aliphatic carbocycles. The van der Waals surface area contributed by atoms with Crippen LogP contribution < -0.4 is 10.6 Å². The molecule has 28 heavy (non-hydrogen) atoms. The van der Waals surface area contributed by atoms with E-state index in [0.29, 0.717) is 16.8 Å². The van der Waals surface area contributed by atoms with Crippen molar-refractivity contribution in [1.29, 1.82) is 0 Å². The number of benzene rings is 2. The molecule has 0 aliphatic heterocycles. The van der Waals surface area contributed by atoms with Crippen LogP contribution in [0.4, 0.5) is 18.9 Å². The van der Waals surface area contributed by atoms with Crippen molar-refractivity contribution in [2.75, 3.05) is 5.32 Å². The van der Waals surface area contributed by atoms with Gasteiger partial charge in [0.05, 0.1) is 10.0 Å². The molecular weight excluding hydrogens is 416 g/mol. The minimum atomic E-state index is -4.98. The highest BCUT2D eigenvalue weighted by Gasteiger charge is 2.36. The van der Waals surface area contributed by atoms with Crippen LogP contribution in [0.15, 0.2) is 60.8 Å². The lowest BCUT2D eigenvalue weighted by Gasteiger charge is -2.18. The lowest BCUT2D eigenvalue weighted by Crippen LogP contribution is -2.39. The summed E-state index contributed by atoms with van der Waals surface area (Å²) in [6.45, 7) is 0. The molecule has 0 spiro atoms. The zero-order chi connectivity index (χ0) is 20.7. The van der Waals surface area contributed by atoms with Crippen LogP contribution in [0.3, 0.4) is 0 Å². The molecule has 0 aliphatic rings. The van der Waals surface area contributed by atoms with Crippen molar-refractivity contribution in [3.05, 3.63) is 76.4 Å². The van der Waals surface area contributed by atoms with Gasteiger partial charge in [-0.1, -0.05) is 53.5 Å². The van der Waals surface area contributed by atoms with Gasteiger partial charge in [-0.2, -0.15) is 13.2 Å². The first-order valence-electron chi connectivity index (χ1n) is 8.00. The average molecular weight is 431 g/mol. The van der Waals surface area contributed by atoms with Gasteiger partial charge >= 0.3 is 6.18 Å². The fraction of sp³-hybridized carbons (Fsp3) is 0.158. The van der Waals surface area contributed by atoms with Gasteiger partial charge in [0.25, 0.3) is 5.78 Å². The molecule has 9 heteroatoms. The van der Waals surface area contributed by atoms with Crippen LogP contribution in [0, 0.1) is 0 Å².